The number of morpholine rings is 1. The van der Waals surface area contributed by atoms with Crippen LogP contribution in [-0.4, -0.2) is 37.2 Å². The van der Waals surface area contributed by atoms with E-state index in [1.54, 1.807) is 0 Å². The predicted octanol–water partition coefficient (Wildman–Crippen LogP) is 1.90. The lowest BCUT2D eigenvalue weighted by molar-refractivity contribution is -0.0227. The highest BCUT2D eigenvalue weighted by Crippen LogP contribution is 2.25. The van der Waals surface area contributed by atoms with Gasteiger partial charge in [-0.15, -0.1) is 0 Å². The van der Waals surface area contributed by atoms with E-state index in [2.05, 4.69) is 11.8 Å². The van der Waals surface area contributed by atoms with Gasteiger partial charge >= 0.3 is 0 Å². The fourth-order valence-corrected chi connectivity index (χ4v) is 2.61. The predicted molar refractivity (Wildman–Crippen MR) is 53.8 cm³/mol. The van der Waals surface area contributed by atoms with Gasteiger partial charge in [-0.1, -0.05) is 12.8 Å². The fraction of sp³-hybridized carbons (Fsp3) is 1.00. The normalized spacial score (nSPS) is 32.5. The maximum absolute atomic E-state index is 5.53. The number of nitrogens with zero attached hydrogens (tertiary/aromatic N) is 1. The molecule has 1 saturated carbocycles. The quantitative estimate of drug-likeness (QED) is 0.648. The van der Waals surface area contributed by atoms with Gasteiger partial charge in [0.05, 0.1) is 12.7 Å². The molecule has 2 nitrogen and oxygen atoms in total. The van der Waals surface area contributed by atoms with Crippen LogP contribution in [-0.2, 0) is 4.74 Å². The second-order valence-corrected chi connectivity index (χ2v) is 4.59. The zero-order valence-electron chi connectivity index (χ0n) is 8.67. The highest BCUT2D eigenvalue weighted by molar-refractivity contribution is 4.75. The lowest BCUT2D eigenvalue weighted by Crippen LogP contribution is -2.42. The van der Waals surface area contributed by atoms with Crippen LogP contribution in [0.15, 0.2) is 0 Å². The van der Waals surface area contributed by atoms with Crippen molar-refractivity contribution in [3.63, 3.8) is 0 Å². The first kappa shape index (κ1) is 9.47. The van der Waals surface area contributed by atoms with Gasteiger partial charge in [0.1, 0.15) is 0 Å². The maximum Gasteiger partial charge on any atom is 0.0674 e. The maximum atomic E-state index is 5.53. The van der Waals surface area contributed by atoms with E-state index in [9.17, 15) is 0 Å². The molecule has 0 spiro atoms. The summed E-state index contributed by atoms with van der Waals surface area (Å²) in [4.78, 5) is 2.59. The van der Waals surface area contributed by atoms with E-state index in [1.165, 1.54) is 32.2 Å². The number of ether oxygens (including phenoxy) is 1. The van der Waals surface area contributed by atoms with Crippen molar-refractivity contribution in [1.82, 2.24) is 4.90 Å². The van der Waals surface area contributed by atoms with Crippen LogP contribution in [0.1, 0.15) is 32.6 Å². The molecule has 13 heavy (non-hydrogen) atoms. The summed E-state index contributed by atoms with van der Waals surface area (Å²) >= 11 is 0. The zero-order chi connectivity index (χ0) is 9.10. The Morgan fingerprint density at radius 2 is 2.08 bits per heavy atom. The van der Waals surface area contributed by atoms with Crippen molar-refractivity contribution >= 4 is 0 Å². The van der Waals surface area contributed by atoms with Gasteiger partial charge in [0.15, 0.2) is 0 Å². The van der Waals surface area contributed by atoms with Gasteiger partial charge in [0, 0.05) is 19.6 Å². The molecule has 0 aromatic carbocycles. The Morgan fingerprint density at radius 1 is 1.31 bits per heavy atom. The van der Waals surface area contributed by atoms with E-state index in [4.69, 9.17) is 4.74 Å². The minimum atomic E-state index is 0.454. The second kappa shape index (κ2) is 4.43. The highest BCUT2D eigenvalue weighted by atomic mass is 16.5. The standard InChI is InChI=1S/C11H21NO/c1-10-8-12(6-7-13-10)9-11-4-2-3-5-11/h10-11H,2-9H2,1H3. The average Bonchev–Trinajstić information content (AvgIpc) is 2.57. The summed E-state index contributed by atoms with van der Waals surface area (Å²) < 4.78 is 5.53. The molecule has 0 aromatic rings. The highest BCUT2D eigenvalue weighted by Gasteiger charge is 2.22. The number of hydrogen-bond acceptors (Lipinski definition) is 2. The Balaban J connectivity index is 1.73. The Morgan fingerprint density at radius 3 is 2.77 bits per heavy atom. The minimum Gasteiger partial charge on any atom is -0.376 e. The van der Waals surface area contributed by atoms with Crippen molar-refractivity contribution < 1.29 is 4.74 Å². The van der Waals surface area contributed by atoms with Crippen molar-refractivity contribution in [2.75, 3.05) is 26.2 Å². The Labute approximate surface area is 81.3 Å². The molecule has 0 bridgehead atoms. The van der Waals surface area contributed by atoms with Crippen molar-refractivity contribution in [1.29, 1.82) is 0 Å². The van der Waals surface area contributed by atoms with Crippen molar-refractivity contribution in [3.05, 3.63) is 0 Å². The molecule has 2 heteroatoms. The Hall–Kier alpha value is -0.0800. The first-order valence-electron chi connectivity index (χ1n) is 5.68. The molecule has 0 amide bonds. The van der Waals surface area contributed by atoms with E-state index in [0.29, 0.717) is 6.10 Å². The third-order valence-electron chi connectivity index (χ3n) is 3.32. The van der Waals surface area contributed by atoms with Gasteiger partial charge in [0.2, 0.25) is 0 Å². The number of rotatable bonds is 2. The van der Waals surface area contributed by atoms with Gasteiger partial charge < -0.3 is 4.74 Å². The van der Waals surface area contributed by atoms with E-state index < -0.39 is 0 Å². The summed E-state index contributed by atoms with van der Waals surface area (Å²) in [6, 6.07) is 0. The summed E-state index contributed by atoms with van der Waals surface area (Å²) in [7, 11) is 0. The topological polar surface area (TPSA) is 12.5 Å². The molecule has 1 atom stereocenters. The second-order valence-electron chi connectivity index (χ2n) is 4.59. The monoisotopic (exact) mass is 183 g/mol. The van der Waals surface area contributed by atoms with Gasteiger partial charge in [-0.05, 0) is 25.7 Å². The van der Waals surface area contributed by atoms with Gasteiger partial charge in [-0.25, -0.2) is 0 Å². The molecule has 2 aliphatic rings. The molecule has 0 N–H and O–H groups in total. The van der Waals surface area contributed by atoms with Crippen molar-refractivity contribution in [2.45, 2.75) is 38.7 Å². The first-order chi connectivity index (χ1) is 6.34. The van der Waals surface area contributed by atoms with E-state index >= 15 is 0 Å². The smallest absolute Gasteiger partial charge is 0.0674 e. The molecule has 1 unspecified atom stereocenters. The largest absolute Gasteiger partial charge is 0.376 e. The Kier molecular flexibility index (Phi) is 3.23. The van der Waals surface area contributed by atoms with E-state index in [-0.39, 0.29) is 0 Å². The SMILES string of the molecule is CC1CN(CC2CCCC2)CCO1. The van der Waals surface area contributed by atoms with Crippen LogP contribution < -0.4 is 0 Å². The summed E-state index contributed by atoms with van der Waals surface area (Å²) in [5.74, 6) is 0.991. The molecular weight excluding hydrogens is 162 g/mol. The minimum absolute atomic E-state index is 0.454. The van der Waals surface area contributed by atoms with E-state index in [0.717, 1.165) is 25.6 Å². The molecule has 0 radical (unpaired) electrons. The third kappa shape index (κ3) is 2.68. The summed E-state index contributed by atoms with van der Waals surface area (Å²) in [6.07, 6.45) is 6.31. The van der Waals surface area contributed by atoms with Crippen molar-refractivity contribution in [2.24, 2.45) is 5.92 Å². The molecule has 1 aliphatic heterocycles. The lowest BCUT2D eigenvalue weighted by Gasteiger charge is -2.32. The molecular formula is C11H21NO. The Bertz CT molecular complexity index is 154. The average molecular weight is 183 g/mol. The third-order valence-corrected chi connectivity index (χ3v) is 3.32. The van der Waals surface area contributed by atoms with Gasteiger partial charge in [0.25, 0.3) is 0 Å². The summed E-state index contributed by atoms with van der Waals surface area (Å²) in [5.41, 5.74) is 0. The van der Waals surface area contributed by atoms with Crippen LogP contribution >= 0.6 is 0 Å². The molecule has 0 aromatic heterocycles. The molecule has 1 heterocycles. The molecule has 1 aliphatic carbocycles. The van der Waals surface area contributed by atoms with Gasteiger partial charge in [-0.3, -0.25) is 4.90 Å². The van der Waals surface area contributed by atoms with Crippen LogP contribution in [0, 0.1) is 5.92 Å². The van der Waals surface area contributed by atoms with Gasteiger partial charge in [-0.2, -0.15) is 0 Å². The molecule has 2 rings (SSSR count). The van der Waals surface area contributed by atoms with E-state index in [1.807, 2.05) is 0 Å². The van der Waals surface area contributed by atoms with Crippen molar-refractivity contribution in [3.8, 4) is 0 Å². The fourth-order valence-electron chi connectivity index (χ4n) is 2.61. The molecule has 2 fully saturated rings. The van der Waals surface area contributed by atoms with Crippen LogP contribution in [0.2, 0.25) is 0 Å². The van der Waals surface area contributed by atoms with Crippen LogP contribution in [0.3, 0.4) is 0 Å². The first-order valence-corrected chi connectivity index (χ1v) is 5.68. The van der Waals surface area contributed by atoms with Crippen LogP contribution in [0.5, 0.6) is 0 Å². The van der Waals surface area contributed by atoms with Crippen LogP contribution in [0.25, 0.3) is 0 Å². The summed E-state index contributed by atoms with van der Waals surface area (Å²) in [5, 5.41) is 0. The van der Waals surface area contributed by atoms with Crippen LogP contribution in [0.4, 0.5) is 0 Å². The number of hydrogen-bond donors (Lipinski definition) is 0. The lowest BCUT2D eigenvalue weighted by atomic mass is 10.1. The zero-order valence-corrected chi connectivity index (χ0v) is 8.67. The summed E-state index contributed by atoms with van der Waals surface area (Å²) in [6.45, 7) is 6.75. The molecule has 76 valence electrons. The molecule has 1 saturated heterocycles.